The molecule has 0 atom stereocenters. The summed E-state index contributed by atoms with van der Waals surface area (Å²) in [4.78, 5) is 10.1. The molecule has 1 aromatic heterocycles. The van der Waals surface area contributed by atoms with E-state index in [0.29, 0.717) is 22.5 Å². The van der Waals surface area contributed by atoms with E-state index in [1.807, 2.05) is 0 Å². The van der Waals surface area contributed by atoms with Crippen LogP contribution in [0.1, 0.15) is 5.56 Å². The summed E-state index contributed by atoms with van der Waals surface area (Å²) in [6.07, 6.45) is 0. The van der Waals surface area contributed by atoms with Gasteiger partial charge in [-0.2, -0.15) is 0 Å². The zero-order chi connectivity index (χ0) is 14.5. The number of hydrogen-bond donors (Lipinski definition) is 1. The van der Waals surface area contributed by atoms with Gasteiger partial charge in [0.2, 0.25) is 5.16 Å². The van der Waals surface area contributed by atoms with Crippen LogP contribution in [0.4, 0.5) is 5.69 Å². The lowest BCUT2D eigenvalue weighted by Gasteiger charge is -2.04. The largest absolute Gasteiger partial charge is 0.394 e. The maximum atomic E-state index is 10.6. The van der Waals surface area contributed by atoms with Crippen molar-refractivity contribution in [3.63, 3.8) is 0 Å². The summed E-state index contributed by atoms with van der Waals surface area (Å²) in [6.45, 7) is 0.250. The Balaban J connectivity index is 2.07. The summed E-state index contributed by atoms with van der Waals surface area (Å²) in [7, 11) is 0. The molecule has 0 spiro atoms. The first-order valence-electron chi connectivity index (χ1n) is 5.54. The predicted octanol–water partition coefficient (Wildman–Crippen LogP) is 1.52. The summed E-state index contributed by atoms with van der Waals surface area (Å²) in [5, 5.41) is 31.4. The van der Waals surface area contributed by atoms with Crippen LogP contribution in [0.15, 0.2) is 23.4 Å². The number of tetrazole rings is 1. The first-order valence-corrected chi connectivity index (χ1v) is 6.91. The quantitative estimate of drug-likeness (QED) is 0.489. The van der Waals surface area contributed by atoms with Crippen LogP contribution in [0.3, 0.4) is 0 Å². The van der Waals surface area contributed by atoms with Crippen molar-refractivity contribution in [2.75, 3.05) is 6.61 Å². The Bertz CT molecular complexity index is 621. The third kappa shape index (κ3) is 3.44. The second kappa shape index (κ2) is 6.64. The Morgan fingerprint density at radius 2 is 2.30 bits per heavy atom. The summed E-state index contributed by atoms with van der Waals surface area (Å²) in [6, 6.07) is 4.32. The van der Waals surface area contributed by atoms with Crippen LogP contribution in [-0.4, -0.2) is 36.8 Å². The minimum absolute atomic E-state index is 0.0473. The van der Waals surface area contributed by atoms with Crippen molar-refractivity contribution in [3.8, 4) is 0 Å². The van der Waals surface area contributed by atoms with Gasteiger partial charge < -0.3 is 5.11 Å². The van der Waals surface area contributed by atoms with Gasteiger partial charge in [-0.05, 0) is 22.1 Å². The molecule has 1 heterocycles. The van der Waals surface area contributed by atoms with Crippen LogP contribution in [0.2, 0.25) is 5.02 Å². The van der Waals surface area contributed by atoms with Gasteiger partial charge in [0.05, 0.1) is 23.1 Å². The Morgan fingerprint density at radius 3 is 2.95 bits per heavy atom. The van der Waals surface area contributed by atoms with Crippen molar-refractivity contribution in [1.29, 1.82) is 0 Å². The molecule has 10 heteroatoms. The van der Waals surface area contributed by atoms with Gasteiger partial charge in [-0.15, -0.1) is 5.10 Å². The van der Waals surface area contributed by atoms with Crippen molar-refractivity contribution >= 4 is 29.1 Å². The first kappa shape index (κ1) is 14.7. The molecular weight excluding hydrogens is 306 g/mol. The Morgan fingerprint density at radius 1 is 1.50 bits per heavy atom. The monoisotopic (exact) mass is 315 g/mol. The molecule has 0 saturated carbocycles. The maximum Gasteiger partial charge on any atom is 0.270 e. The van der Waals surface area contributed by atoms with E-state index in [1.165, 1.54) is 28.6 Å². The molecule has 106 valence electrons. The number of nitro groups is 1. The normalized spacial score (nSPS) is 10.7. The summed E-state index contributed by atoms with van der Waals surface area (Å²) < 4.78 is 1.48. The van der Waals surface area contributed by atoms with Crippen molar-refractivity contribution in [3.05, 3.63) is 38.9 Å². The van der Waals surface area contributed by atoms with E-state index in [1.54, 1.807) is 6.07 Å². The van der Waals surface area contributed by atoms with Crippen LogP contribution >= 0.6 is 23.4 Å². The van der Waals surface area contributed by atoms with Crippen LogP contribution < -0.4 is 0 Å². The van der Waals surface area contributed by atoms with E-state index in [9.17, 15) is 10.1 Å². The fourth-order valence-corrected chi connectivity index (χ4v) is 2.67. The lowest BCUT2D eigenvalue weighted by Crippen LogP contribution is -2.05. The van der Waals surface area contributed by atoms with Crippen LogP contribution in [0.25, 0.3) is 0 Å². The highest BCUT2D eigenvalue weighted by Crippen LogP contribution is 2.28. The maximum absolute atomic E-state index is 10.6. The minimum atomic E-state index is -0.495. The number of benzene rings is 1. The number of aliphatic hydroxyl groups excluding tert-OH is 1. The second-order valence-electron chi connectivity index (χ2n) is 3.73. The average molecular weight is 316 g/mol. The topological polar surface area (TPSA) is 107 Å². The number of aliphatic hydroxyl groups is 1. The molecule has 2 rings (SSSR count). The number of aromatic nitrogens is 4. The van der Waals surface area contributed by atoms with E-state index in [0.717, 1.165) is 5.56 Å². The first-order chi connectivity index (χ1) is 9.61. The van der Waals surface area contributed by atoms with Gasteiger partial charge >= 0.3 is 0 Å². The molecule has 20 heavy (non-hydrogen) atoms. The molecule has 0 radical (unpaired) electrons. The number of non-ortho nitro benzene ring substituents is 1. The van der Waals surface area contributed by atoms with Crippen molar-refractivity contribution in [2.24, 2.45) is 0 Å². The van der Waals surface area contributed by atoms with Gasteiger partial charge in [0.15, 0.2) is 0 Å². The standard InChI is InChI=1S/C10H10ClN5O3S/c11-9-5-8(16(18)19)2-1-7(9)6-20-10-12-13-14-15(10)3-4-17/h1-2,5,17H,3-4,6H2. The smallest absolute Gasteiger partial charge is 0.270 e. The van der Waals surface area contributed by atoms with Crippen LogP contribution in [0, 0.1) is 10.1 Å². The number of nitrogens with zero attached hydrogens (tertiary/aromatic N) is 5. The summed E-state index contributed by atoms with van der Waals surface area (Å²) >= 11 is 7.33. The third-order valence-corrected chi connectivity index (χ3v) is 3.77. The van der Waals surface area contributed by atoms with E-state index < -0.39 is 4.92 Å². The SMILES string of the molecule is O=[N+]([O-])c1ccc(CSc2nnnn2CCO)c(Cl)c1. The molecule has 0 aliphatic heterocycles. The Labute approximate surface area is 122 Å². The molecule has 8 nitrogen and oxygen atoms in total. The van der Waals surface area contributed by atoms with Gasteiger partial charge in [0.25, 0.3) is 5.69 Å². The zero-order valence-corrected chi connectivity index (χ0v) is 11.7. The van der Waals surface area contributed by atoms with E-state index in [4.69, 9.17) is 16.7 Å². The van der Waals surface area contributed by atoms with Crippen molar-refractivity contribution in [1.82, 2.24) is 20.2 Å². The fraction of sp³-hybridized carbons (Fsp3) is 0.300. The minimum Gasteiger partial charge on any atom is -0.394 e. The molecule has 0 saturated heterocycles. The Hall–Kier alpha value is -1.71. The Kier molecular flexibility index (Phi) is 4.88. The number of thioether (sulfide) groups is 1. The molecule has 1 aromatic carbocycles. The number of nitro benzene ring substituents is 1. The van der Waals surface area contributed by atoms with Crippen LogP contribution in [-0.2, 0) is 12.3 Å². The molecule has 0 aliphatic carbocycles. The highest BCUT2D eigenvalue weighted by atomic mass is 35.5. The van der Waals surface area contributed by atoms with Gasteiger partial charge in [0.1, 0.15) is 0 Å². The van der Waals surface area contributed by atoms with Crippen molar-refractivity contribution in [2.45, 2.75) is 17.5 Å². The van der Waals surface area contributed by atoms with Gasteiger partial charge in [-0.3, -0.25) is 10.1 Å². The molecule has 1 N–H and O–H groups in total. The number of hydrogen-bond acceptors (Lipinski definition) is 7. The van der Waals surface area contributed by atoms with Gasteiger partial charge in [-0.1, -0.05) is 23.4 Å². The highest BCUT2D eigenvalue weighted by Gasteiger charge is 2.12. The molecule has 0 amide bonds. The highest BCUT2D eigenvalue weighted by molar-refractivity contribution is 7.98. The zero-order valence-electron chi connectivity index (χ0n) is 10.1. The lowest BCUT2D eigenvalue weighted by molar-refractivity contribution is -0.384. The molecule has 0 unspecified atom stereocenters. The summed E-state index contributed by atoms with van der Waals surface area (Å²) in [5.41, 5.74) is 0.703. The number of halogens is 1. The van der Waals surface area contributed by atoms with Crippen LogP contribution in [0.5, 0.6) is 0 Å². The van der Waals surface area contributed by atoms with Crippen molar-refractivity contribution < 1.29 is 10.0 Å². The fourth-order valence-electron chi connectivity index (χ4n) is 1.44. The third-order valence-electron chi connectivity index (χ3n) is 2.42. The lowest BCUT2D eigenvalue weighted by atomic mass is 10.2. The van der Waals surface area contributed by atoms with Gasteiger partial charge in [0, 0.05) is 17.9 Å². The molecule has 0 aliphatic rings. The van der Waals surface area contributed by atoms with E-state index in [2.05, 4.69) is 15.5 Å². The predicted molar refractivity (Wildman–Crippen MR) is 72.6 cm³/mol. The molecule has 2 aromatic rings. The van der Waals surface area contributed by atoms with Gasteiger partial charge in [-0.25, -0.2) is 4.68 Å². The average Bonchev–Trinajstić information content (AvgIpc) is 2.85. The number of rotatable bonds is 6. The summed E-state index contributed by atoms with van der Waals surface area (Å²) in [5.74, 6) is 0.475. The molecule has 0 bridgehead atoms. The van der Waals surface area contributed by atoms with E-state index >= 15 is 0 Å². The molecular formula is C10H10ClN5O3S. The second-order valence-corrected chi connectivity index (χ2v) is 5.08. The molecule has 0 fully saturated rings. The van der Waals surface area contributed by atoms with E-state index in [-0.39, 0.29) is 12.3 Å².